The van der Waals surface area contributed by atoms with E-state index in [2.05, 4.69) is 24.1 Å². The Kier molecular flexibility index (Phi) is 5.22. The second kappa shape index (κ2) is 6.75. The van der Waals surface area contributed by atoms with E-state index in [9.17, 15) is 8.42 Å². The van der Waals surface area contributed by atoms with E-state index in [1.54, 1.807) is 22.6 Å². The molecule has 0 radical (unpaired) electrons. The fourth-order valence-corrected chi connectivity index (χ4v) is 4.72. The summed E-state index contributed by atoms with van der Waals surface area (Å²) in [5, 5.41) is 3.11. The smallest absolute Gasteiger partial charge is 0.246 e. The monoisotopic (exact) mass is 311 g/mol. The number of hydrogen-bond donors (Lipinski definition) is 1. The molecule has 118 valence electrons. The average Bonchev–Trinajstić information content (AvgIpc) is 2.44. The van der Waals surface area contributed by atoms with Crippen molar-refractivity contribution in [2.45, 2.75) is 38.5 Å². The highest BCUT2D eigenvalue weighted by atomic mass is 32.2. The van der Waals surface area contributed by atoms with Crippen LogP contribution in [0.4, 0.5) is 5.82 Å². The molecule has 0 spiro atoms. The first-order valence-electron chi connectivity index (χ1n) is 7.64. The van der Waals surface area contributed by atoms with Crippen LogP contribution in [0.2, 0.25) is 0 Å². The van der Waals surface area contributed by atoms with Gasteiger partial charge in [-0.1, -0.05) is 20.8 Å². The van der Waals surface area contributed by atoms with E-state index in [1.807, 2.05) is 6.92 Å². The van der Waals surface area contributed by atoms with Crippen LogP contribution >= 0.6 is 0 Å². The molecular formula is C15H25N3O2S. The molecule has 0 aliphatic carbocycles. The Balaban J connectivity index is 2.31. The lowest BCUT2D eigenvalue weighted by Crippen LogP contribution is -2.42. The van der Waals surface area contributed by atoms with Gasteiger partial charge in [-0.25, -0.2) is 13.4 Å². The van der Waals surface area contributed by atoms with Gasteiger partial charge >= 0.3 is 0 Å². The second-order valence-electron chi connectivity index (χ2n) is 6.04. The first-order valence-corrected chi connectivity index (χ1v) is 9.08. The molecule has 0 aromatic carbocycles. The summed E-state index contributed by atoms with van der Waals surface area (Å²) in [5.74, 6) is 1.25. The number of piperidine rings is 1. The summed E-state index contributed by atoms with van der Waals surface area (Å²) in [6.07, 6.45) is 3.63. The lowest BCUT2D eigenvalue weighted by Gasteiger charge is -2.34. The molecule has 2 unspecified atom stereocenters. The van der Waals surface area contributed by atoms with Gasteiger partial charge < -0.3 is 5.32 Å². The molecule has 2 rings (SSSR count). The summed E-state index contributed by atoms with van der Waals surface area (Å²) in [4.78, 5) is 4.49. The van der Waals surface area contributed by atoms with Crippen LogP contribution in [0.1, 0.15) is 33.6 Å². The van der Waals surface area contributed by atoms with Crippen molar-refractivity contribution in [3.8, 4) is 0 Å². The van der Waals surface area contributed by atoms with Crippen molar-refractivity contribution in [2.24, 2.45) is 11.8 Å². The van der Waals surface area contributed by atoms with E-state index >= 15 is 0 Å². The molecule has 0 amide bonds. The van der Waals surface area contributed by atoms with Gasteiger partial charge in [0.2, 0.25) is 10.0 Å². The highest BCUT2D eigenvalue weighted by molar-refractivity contribution is 7.89. The molecule has 6 heteroatoms. The van der Waals surface area contributed by atoms with Crippen molar-refractivity contribution in [2.75, 3.05) is 25.0 Å². The Morgan fingerprint density at radius 3 is 2.62 bits per heavy atom. The van der Waals surface area contributed by atoms with Gasteiger partial charge in [0.15, 0.2) is 0 Å². The zero-order valence-corrected chi connectivity index (χ0v) is 13.9. The summed E-state index contributed by atoms with van der Waals surface area (Å²) in [6, 6.07) is 3.32. The van der Waals surface area contributed by atoms with Crippen LogP contribution in [-0.4, -0.2) is 37.3 Å². The van der Waals surface area contributed by atoms with Crippen LogP contribution in [0.3, 0.4) is 0 Å². The third-order valence-electron chi connectivity index (χ3n) is 3.77. The van der Waals surface area contributed by atoms with Crippen LogP contribution in [0.5, 0.6) is 0 Å². The SMILES string of the molecule is CCCNc1ncccc1S(=O)(=O)N1CC(C)CC(C)C1. The number of pyridine rings is 1. The summed E-state index contributed by atoms with van der Waals surface area (Å²) >= 11 is 0. The summed E-state index contributed by atoms with van der Waals surface area (Å²) < 4.78 is 27.4. The highest BCUT2D eigenvalue weighted by Crippen LogP contribution is 2.29. The molecule has 1 aliphatic rings. The topological polar surface area (TPSA) is 62.3 Å². The Morgan fingerprint density at radius 1 is 1.33 bits per heavy atom. The van der Waals surface area contributed by atoms with Crippen molar-refractivity contribution in [3.05, 3.63) is 18.3 Å². The third-order valence-corrected chi connectivity index (χ3v) is 5.63. The van der Waals surface area contributed by atoms with Crippen LogP contribution in [0.25, 0.3) is 0 Å². The highest BCUT2D eigenvalue weighted by Gasteiger charge is 2.33. The lowest BCUT2D eigenvalue weighted by molar-refractivity contribution is 0.222. The lowest BCUT2D eigenvalue weighted by atomic mass is 9.94. The van der Waals surface area contributed by atoms with E-state index in [-0.39, 0.29) is 0 Å². The van der Waals surface area contributed by atoms with Gasteiger partial charge in [0.1, 0.15) is 10.7 Å². The van der Waals surface area contributed by atoms with Crippen LogP contribution in [-0.2, 0) is 10.0 Å². The first kappa shape index (κ1) is 16.2. The molecule has 1 aliphatic heterocycles. The van der Waals surface area contributed by atoms with E-state index in [4.69, 9.17) is 0 Å². The van der Waals surface area contributed by atoms with Crippen molar-refractivity contribution in [1.29, 1.82) is 0 Å². The van der Waals surface area contributed by atoms with Gasteiger partial charge in [-0.3, -0.25) is 0 Å². The molecule has 2 heterocycles. The molecule has 1 aromatic heterocycles. The zero-order chi connectivity index (χ0) is 15.5. The average molecular weight is 311 g/mol. The molecule has 0 bridgehead atoms. The fraction of sp³-hybridized carbons (Fsp3) is 0.667. The standard InChI is InChI=1S/C15H25N3O2S/c1-4-7-16-15-14(6-5-8-17-15)21(19,20)18-10-12(2)9-13(3)11-18/h5-6,8,12-13H,4,7,9-11H2,1-3H3,(H,16,17). The quantitative estimate of drug-likeness (QED) is 0.908. The molecule has 0 saturated carbocycles. The predicted molar refractivity (Wildman–Crippen MR) is 84.7 cm³/mol. The number of nitrogens with one attached hydrogen (secondary N) is 1. The Labute approximate surface area is 127 Å². The Bertz CT molecular complexity index is 564. The van der Waals surface area contributed by atoms with E-state index < -0.39 is 10.0 Å². The minimum absolute atomic E-state index is 0.291. The molecule has 5 nitrogen and oxygen atoms in total. The molecule has 1 N–H and O–H groups in total. The van der Waals surface area contributed by atoms with Crippen LogP contribution in [0.15, 0.2) is 23.2 Å². The molecule has 1 saturated heterocycles. The molecule has 1 aromatic rings. The second-order valence-corrected chi connectivity index (χ2v) is 7.95. The number of aromatic nitrogens is 1. The largest absolute Gasteiger partial charge is 0.369 e. The molecule has 1 fully saturated rings. The maximum Gasteiger partial charge on any atom is 0.246 e. The van der Waals surface area contributed by atoms with E-state index in [1.165, 1.54) is 0 Å². The number of sulfonamides is 1. The van der Waals surface area contributed by atoms with Crippen molar-refractivity contribution < 1.29 is 8.42 Å². The fourth-order valence-electron chi connectivity index (χ4n) is 2.92. The van der Waals surface area contributed by atoms with Crippen molar-refractivity contribution >= 4 is 15.8 Å². The summed E-state index contributed by atoms with van der Waals surface area (Å²) in [7, 11) is -3.48. The van der Waals surface area contributed by atoms with Gasteiger partial charge in [0, 0.05) is 25.8 Å². The van der Waals surface area contributed by atoms with Gasteiger partial charge in [-0.15, -0.1) is 0 Å². The Morgan fingerprint density at radius 2 is 2.00 bits per heavy atom. The molecular weight excluding hydrogens is 286 g/mol. The van der Waals surface area contributed by atoms with Crippen LogP contribution in [0, 0.1) is 11.8 Å². The molecule has 2 atom stereocenters. The van der Waals surface area contributed by atoms with Gasteiger partial charge in [-0.05, 0) is 36.8 Å². The van der Waals surface area contributed by atoms with Crippen molar-refractivity contribution in [1.82, 2.24) is 9.29 Å². The normalized spacial score (nSPS) is 24.0. The van der Waals surface area contributed by atoms with Gasteiger partial charge in [0.25, 0.3) is 0 Å². The summed E-state index contributed by atoms with van der Waals surface area (Å²) in [6.45, 7) is 8.16. The van der Waals surface area contributed by atoms with Gasteiger partial charge in [-0.2, -0.15) is 4.31 Å². The summed E-state index contributed by atoms with van der Waals surface area (Å²) in [5.41, 5.74) is 0. The number of nitrogens with zero attached hydrogens (tertiary/aromatic N) is 2. The van der Waals surface area contributed by atoms with E-state index in [0.29, 0.717) is 42.2 Å². The first-order chi connectivity index (χ1) is 9.95. The number of hydrogen-bond acceptors (Lipinski definition) is 4. The maximum atomic E-state index is 12.9. The molecule has 21 heavy (non-hydrogen) atoms. The zero-order valence-electron chi connectivity index (χ0n) is 13.0. The van der Waals surface area contributed by atoms with Crippen LogP contribution < -0.4 is 5.32 Å². The van der Waals surface area contributed by atoms with Gasteiger partial charge in [0.05, 0.1) is 0 Å². The number of rotatable bonds is 5. The van der Waals surface area contributed by atoms with E-state index in [0.717, 1.165) is 12.8 Å². The third kappa shape index (κ3) is 3.74. The Hall–Kier alpha value is -1.14. The predicted octanol–water partition coefficient (Wildman–Crippen LogP) is 2.57. The number of anilines is 1. The van der Waals surface area contributed by atoms with Crippen molar-refractivity contribution in [3.63, 3.8) is 0 Å². The maximum absolute atomic E-state index is 12.9. The minimum Gasteiger partial charge on any atom is -0.369 e. The minimum atomic E-state index is -3.48.